The molecule has 33 heavy (non-hydrogen) atoms. The standard InChI is InChI=1S/C20H25N3O3.C2HF3O2/c24-19(8-7-16-5-2-10-22-16)23-13-18(20-17(23)6-3-11-25-20)26-14-15-4-1-9-21-12-15;3-2(4,5)1(6)7/h1-2,4-5,9-10,12,17-18,20,22H,3,6-8,11,13-14H2;(H,6,7)/t17-,18+,20+;/m1./s1. The van der Waals surface area contributed by atoms with Crippen molar-refractivity contribution in [2.45, 2.75) is 56.7 Å². The van der Waals surface area contributed by atoms with Crippen molar-refractivity contribution < 1.29 is 37.3 Å². The van der Waals surface area contributed by atoms with Gasteiger partial charge in [0, 0.05) is 43.9 Å². The number of nitrogens with one attached hydrogen (secondary N) is 1. The maximum absolute atomic E-state index is 12.8. The number of carboxylic acids is 1. The molecule has 2 aromatic rings. The summed E-state index contributed by atoms with van der Waals surface area (Å²) in [6.45, 7) is 1.85. The third kappa shape index (κ3) is 7.03. The van der Waals surface area contributed by atoms with Crippen LogP contribution >= 0.6 is 0 Å². The molecular weight excluding hydrogens is 443 g/mol. The number of carbonyl (C=O) groups is 2. The van der Waals surface area contributed by atoms with Crippen LogP contribution < -0.4 is 0 Å². The molecule has 0 aliphatic carbocycles. The number of carbonyl (C=O) groups excluding carboxylic acids is 1. The van der Waals surface area contributed by atoms with E-state index in [-0.39, 0.29) is 24.2 Å². The lowest BCUT2D eigenvalue weighted by Crippen LogP contribution is -2.43. The molecule has 0 radical (unpaired) electrons. The van der Waals surface area contributed by atoms with E-state index in [2.05, 4.69) is 9.97 Å². The van der Waals surface area contributed by atoms with Crippen molar-refractivity contribution in [1.82, 2.24) is 14.9 Å². The number of hydrogen-bond acceptors (Lipinski definition) is 5. The van der Waals surface area contributed by atoms with E-state index in [4.69, 9.17) is 19.4 Å². The summed E-state index contributed by atoms with van der Waals surface area (Å²) in [4.78, 5) is 31.0. The van der Waals surface area contributed by atoms with Crippen molar-refractivity contribution in [1.29, 1.82) is 0 Å². The van der Waals surface area contributed by atoms with Crippen molar-refractivity contribution in [2.24, 2.45) is 0 Å². The summed E-state index contributed by atoms with van der Waals surface area (Å²) >= 11 is 0. The number of carboxylic acid groups (broad SMARTS) is 1. The average molecular weight is 469 g/mol. The quantitative estimate of drug-likeness (QED) is 0.674. The fourth-order valence-corrected chi connectivity index (χ4v) is 3.94. The second-order valence-corrected chi connectivity index (χ2v) is 7.80. The number of hydrogen-bond donors (Lipinski definition) is 2. The lowest BCUT2D eigenvalue weighted by molar-refractivity contribution is -0.192. The summed E-state index contributed by atoms with van der Waals surface area (Å²) in [5.41, 5.74) is 2.13. The largest absolute Gasteiger partial charge is 0.490 e. The number of fused-ring (bicyclic) bond motifs is 1. The van der Waals surface area contributed by atoms with Crippen LogP contribution in [-0.4, -0.2) is 69.4 Å². The van der Waals surface area contributed by atoms with E-state index in [0.29, 0.717) is 19.6 Å². The van der Waals surface area contributed by atoms with Gasteiger partial charge in [-0.05, 0) is 43.0 Å². The predicted octanol–water partition coefficient (Wildman–Crippen LogP) is 2.95. The number of pyridine rings is 1. The Kier molecular flexibility index (Phi) is 8.45. The highest BCUT2D eigenvalue weighted by atomic mass is 19.4. The van der Waals surface area contributed by atoms with Gasteiger partial charge in [-0.3, -0.25) is 9.78 Å². The summed E-state index contributed by atoms with van der Waals surface area (Å²) in [5, 5.41) is 7.12. The fourth-order valence-electron chi connectivity index (χ4n) is 3.94. The number of likely N-dealkylation sites (tertiary alicyclic amines) is 1. The van der Waals surface area contributed by atoms with Gasteiger partial charge in [-0.25, -0.2) is 4.79 Å². The van der Waals surface area contributed by atoms with Crippen molar-refractivity contribution in [2.75, 3.05) is 13.2 Å². The number of amides is 1. The maximum Gasteiger partial charge on any atom is 0.490 e. The second-order valence-electron chi connectivity index (χ2n) is 7.80. The minimum atomic E-state index is -5.08. The molecule has 0 saturated carbocycles. The number of halogens is 3. The van der Waals surface area contributed by atoms with Crippen LogP contribution in [0.4, 0.5) is 13.2 Å². The molecular formula is C22H26F3N3O5. The first-order valence-electron chi connectivity index (χ1n) is 10.6. The van der Waals surface area contributed by atoms with Crippen LogP contribution in [0.5, 0.6) is 0 Å². The molecule has 2 saturated heterocycles. The molecule has 11 heteroatoms. The van der Waals surface area contributed by atoms with Crippen molar-refractivity contribution in [3.63, 3.8) is 0 Å². The Balaban J connectivity index is 0.000000383. The number of H-pyrrole nitrogens is 1. The van der Waals surface area contributed by atoms with Gasteiger partial charge in [0.2, 0.25) is 5.91 Å². The minimum absolute atomic E-state index is 0.0186. The van der Waals surface area contributed by atoms with Crippen LogP contribution in [0.2, 0.25) is 0 Å². The Hall–Kier alpha value is -2.92. The average Bonchev–Trinajstić information content (AvgIpc) is 3.45. The van der Waals surface area contributed by atoms with Crippen LogP contribution in [-0.2, 0) is 32.1 Å². The number of ether oxygens (including phenoxy) is 2. The highest BCUT2D eigenvalue weighted by Gasteiger charge is 2.46. The zero-order chi connectivity index (χ0) is 23.8. The third-order valence-corrected chi connectivity index (χ3v) is 5.50. The Morgan fingerprint density at radius 3 is 2.73 bits per heavy atom. The maximum atomic E-state index is 12.8. The molecule has 2 aromatic heterocycles. The molecule has 2 fully saturated rings. The molecule has 3 atom stereocenters. The normalized spacial score (nSPS) is 22.3. The van der Waals surface area contributed by atoms with Crippen molar-refractivity contribution in [3.8, 4) is 0 Å². The number of nitrogens with zero attached hydrogens (tertiary/aromatic N) is 2. The van der Waals surface area contributed by atoms with Gasteiger partial charge in [0.1, 0.15) is 12.2 Å². The van der Waals surface area contributed by atoms with Gasteiger partial charge in [-0.15, -0.1) is 0 Å². The summed E-state index contributed by atoms with van der Waals surface area (Å²) in [6, 6.07) is 8.02. The molecule has 180 valence electrons. The molecule has 0 spiro atoms. The Labute approximate surface area is 188 Å². The monoisotopic (exact) mass is 469 g/mol. The first-order chi connectivity index (χ1) is 15.8. The van der Waals surface area contributed by atoms with Gasteiger partial charge in [-0.2, -0.15) is 13.2 Å². The minimum Gasteiger partial charge on any atom is -0.475 e. The first-order valence-corrected chi connectivity index (χ1v) is 10.6. The molecule has 0 unspecified atom stereocenters. The molecule has 2 aliphatic rings. The predicted molar refractivity (Wildman–Crippen MR) is 110 cm³/mol. The van der Waals surface area contributed by atoms with E-state index < -0.39 is 12.1 Å². The zero-order valence-electron chi connectivity index (χ0n) is 17.8. The molecule has 8 nitrogen and oxygen atoms in total. The van der Waals surface area contributed by atoms with E-state index >= 15 is 0 Å². The number of rotatable bonds is 6. The van der Waals surface area contributed by atoms with Gasteiger partial charge in [0.05, 0.1) is 12.6 Å². The van der Waals surface area contributed by atoms with Crippen LogP contribution in [0.15, 0.2) is 42.9 Å². The molecule has 0 aromatic carbocycles. The van der Waals surface area contributed by atoms with Crippen LogP contribution in [0, 0.1) is 0 Å². The Bertz CT molecular complexity index is 892. The number of aromatic amines is 1. The van der Waals surface area contributed by atoms with E-state index in [1.165, 1.54) is 0 Å². The van der Waals surface area contributed by atoms with Gasteiger partial charge < -0.3 is 24.5 Å². The van der Waals surface area contributed by atoms with Gasteiger partial charge in [-0.1, -0.05) is 6.07 Å². The summed E-state index contributed by atoms with van der Waals surface area (Å²) in [7, 11) is 0. The van der Waals surface area contributed by atoms with E-state index in [0.717, 1.165) is 37.1 Å². The zero-order valence-corrected chi connectivity index (χ0v) is 17.8. The van der Waals surface area contributed by atoms with Crippen LogP contribution in [0.3, 0.4) is 0 Å². The number of aromatic nitrogens is 2. The Morgan fingerprint density at radius 1 is 1.30 bits per heavy atom. The highest BCUT2D eigenvalue weighted by molar-refractivity contribution is 5.77. The highest BCUT2D eigenvalue weighted by Crippen LogP contribution is 2.31. The van der Waals surface area contributed by atoms with E-state index in [1.54, 1.807) is 6.20 Å². The van der Waals surface area contributed by atoms with Crippen molar-refractivity contribution in [3.05, 3.63) is 54.1 Å². The van der Waals surface area contributed by atoms with Crippen LogP contribution in [0.25, 0.3) is 0 Å². The molecule has 1 amide bonds. The van der Waals surface area contributed by atoms with Crippen molar-refractivity contribution >= 4 is 11.9 Å². The fraction of sp³-hybridized carbons (Fsp3) is 0.500. The first kappa shape index (κ1) is 24.7. The topological polar surface area (TPSA) is 105 Å². The molecule has 4 rings (SSSR count). The molecule has 0 bridgehead atoms. The number of aryl methyl sites for hydroxylation is 1. The number of aliphatic carboxylic acids is 1. The van der Waals surface area contributed by atoms with Crippen LogP contribution in [0.1, 0.15) is 30.5 Å². The molecule has 2 aliphatic heterocycles. The SMILES string of the molecule is O=C(CCc1ccc[nH]1)N1C[C@H](OCc2cccnc2)[C@H]2OCCC[C@H]21.O=C(O)C(F)(F)F. The van der Waals surface area contributed by atoms with Gasteiger partial charge in [0.15, 0.2) is 0 Å². The van der Waals surface area contributed by atoms with E-state index in [9.17, 15) is 18.0 Å². The van der Waals surface area contributed by atoms with Gasteiger partial charge in [0.25, 0.3) is 0 Å². The lowest BCUT2D eigenvalue weighted by atomic mass is 10.0. The van der Waals surface area contributed by atoms with Gasteiger partial charge >= 0.3 is 12.1 Å². The number of alkyl halides is 3. The Morgan fingerprint density at radius 2 is 2.09 bits per heavy atom. The molecule has 2 N–H and O–H groups in total. The third-order valence-electron chi connectivity index (χ3n) is 5.50. The van der Waals surface area contributed by atoms with E-state index in [1.807, 2.05) is 41.6 Å². The summed E-state index contributed by atoms with van der Waals surface area (Å²) in [6.07, 6.45) is 3.52. The lowest BCUT2D eigenvalue weighted by Gasteiger charge is -2.32. The molecule has 4 heterocycles. The second kappa shape index (κ2) is 11.3. The smallest absolute Gasteiger partial charge is 0.475 e. The summed E-state index contributed by atoms with van der Waals surface area (Å²) in [5.74, 6) is -2.57. The summed E-state index contributed by atoms with van der Waals surface area (Å²) < 4.78 is 43.9.